The highest BCUT2D eigenvalue weighted by Gasteiger charge is 2.08. The molecule has 7 heteroatoms. The molecule has 2 N–H and O–H groups in total. The Morgan fingerprint density at radius 2 is 2.25 bits per heavy atom. The van der Waals surface area contributed by atoms with E-state index in [1.807, 2.05) is 39.0 Å². The summed E-state index contributed by atoms with van der Waals surface area (Å²) in [7, 11) is 0. The van der Waals surface area contributed by atoms with Crippen molar-refractivity contribution in [2.45, 2.75) is 33.4 Å². The first-order valence-electron chi connectivity index (χ1n) is 6.30. The summed E-state index contributed by atoms with van der Waals surface area (Å²) in [6.45, 7) is 6.49. The number of aryl methyl sites for hydroxylation is 1. The maximum atomic E-state index is 5.81. The average molecular weight is 357 g/mol. The van der Waals surface area contributed by atoms with Gasteiger partial charge in [0.15, 0.2) is 0 Å². The van der Waals surface area contributed by atoms with Crippen molar-refractivity contribution in [2.75, 3.05) is 5.43 Å². The zero-order valence-corrected chi connectivity index (χ0v) is 14.0. The van der Waals surface area contributed by atoms with Crippen molar-refractivity contribution in [3.05, 3.63) is 38.8 Å². The topological polar surface area (TPSA) is 54.9 Å². The van der Waals surface area contributed by atoms with Gasteiger partial charge in [-0.15, -0.1) is 0 Å². The molecule has 1 aromatic carbocycles. The molecule has 0 aliphatic carbocycles. The minimum atomic E-state index is 0.132. The van der Waals surface area contributed by atoms with E-state index < -0.39 is 0 Å². The van der Waals surface area contributed by atoms with Crippen LogP contribution in [0, 0.1) is 11.7 Å². The van der Waals surface area contributed by atoms with Crippen LogP contribution in [0.15, 0.2) is 22.7 Å². The van der Waals surface area contributed by atoms with Crippen LogP contribution >= 0.6 is 28.1 Å². The van der Waals surface area contributed by atoms with Gasteiger partial charge in [-0.25, -0.2) is 4.68 Å². The Bertz CT molecular complexity index is 650. The number of rotatable bonds is 5. The van der Waals surface area contributed by atoms with Crippen molar-refractivity contribution < 1.29 is 4.74 Å². The summed E-state index contributed by atoms with van der Waals surface area (Å²) in [6, 6.07) is 5.96. The lowest BCUT2D eigenvalue weighted by atomic mass is 10.2. The highest BCUT2D eigenvalue weighted by atomic mass is 79.9. The first-order valence-corrected chi connectivity index (χ1v) is 7.50. The maximum Gasteiger partial charge on any atom is 0.214 e. The van der Waals surface area contributed by atoms with Crippen LogP contribution in [-0.4, -0.2) is 21.0 Å². The molecule has 0 saturated heterocycles. The second-order valence-electron chi connectivity index (χ2n) is 4.66. The quantitative estimate of drug-likeness (QED) is 0.804. The van der Waals surface area contributed by atoms with Crippen molar-refractivity contribution >= 4 is 28.1 Å². The van der Waals surface area contributed by atoms with E-state index in [1.54, 1.807) is 4.68 Å². The molecule has 20 heavy (non-hydrogen) atoms. The largest absolute Gasteiger partial charge is 0.491 e. The second-order valence-corrected chi connectivity index (χ2v) is 5.97. The Morgan fingerprint density at radius 1 is 1.50 bits per heavy atom. The summed E-state index contributed by atoms with van der Waals surface area (Å²) in [5.41, 5.74) is 4.29. The molecule has 1 aromatic heterocycles. The minimum Gasteiger partial charge on any atom is -0.491 e. The molecule has 0 fully saturated rings. The molecule has 5 nitrogen and oxygen atoms in total. The van der Waals surface area contributed by atoms with Gasteiger partial charge in [0.25, 0.3) is 0 Å². The molecule has 0 spiro atoms. The summed E-state index contributed by atoms with van der Waals surface area (Å²) in [6.07, 6.45) is 0.132. The van der Waals surface area contributed by atoms with E-state index in [0.29, 0.717) is 11.3 Å². The SMILES string of the molecule is Cc1n[nH]c(=S)n1NCc1cc(Br)ccc1OC(C)C. The van der Waals surface area contributed by atoms with Crippen molar-refractivity contribution in [1.29, 1.82) is 0 Å². The lowest BCUT2D eigenvalue weighted by Crippen LogP contribution is -2.17. The standard InChI is InChI=1S/C13H17BrN4OS/c1-8(2)19-12-5-4-11(14)6-10(12)7-15-18-9(3)16-17-13(18)20/h4-6,8,15H,7H2,1-3H3,(H,17,20). The van der Waals surface area contributed by atoms with Crippen LogP contribution in [0.25, 0.3) is 0 Å². The van der Waals surface area contributed by atoms with Crippen LogP contribution in [-0.2, 0) is 6.54 Å². The lowest BCUT2D eigenvalue weighted by Gasteiger charge is -2.16. The van der Waals surface area contributed by atoms with Gasteiger partial charge in [-0.1, -0.05) is 15.9 Å². The van der Waals surface area contributed by atoms with Crippen LogP contribution in [0.2, 0.25) is 0 Å². The van der Waals surface area contributed by atoms with Gasteiger partial charge in [0.05, 0.1) is 12.6 Å². The van der Waals surface area contributed by atoms with Gasteiger partial charge in [-0.05, 0) is 51.2 Å². The Kier molecular flexibility index (Phi) is 4.82. The molecule has 0 radical (unpaired) electrons. The monoisotopic (exact) mass is 356 g/mol. The third-order valence-electron chi connectivity index (χ3n) is 2.65. The maximum absolute atomic E-state index is 5.81. The Labute approximate surface area is 131 Å². The fraction of sp³-hybridized carbons (Fsp3) is 0.385. The third kappa shape index (κ3) is 3.61. The first kappa shape index (κ1) is 15.1. The van der Waals surface area contributed by atoms with Crippen LogP contribution in [0.1, 0.15) is 25.2 Å². The first-order chi connectivity index (χ1) is 9.47. The minimum absolute atomic E-state index is 0.132. The van der Waals surface area contributed by atoms with Gasteiger partial charge in [0.2, 0.25) is 4.77 Å². The van der Waals surface area contributed by atoms with Crippen LogP contribution in [0.5, 0.6) is 5.75 Å². The Hall–Kier alpha value is -1.34. The van der Waals surface area contributed by atoms with E-state index in [4.69, 9.17) is 17.0 Å². The zero-order valence-electron chi connectivity index (χ0n) is 11.6. The third-order valence-corrected chi connectivity index (χ3v) is 3.42. The number of aromatic nitrogens is 3. The predicted octanol–water partition coefficient (Wildman–Crippen LogP) is 3.54. The number of nitrogens with zero attached hydrogens (tertiary/aromatic N) is 2. The van der Waals surface area contributed by atoms with E-state index >= 15 is 0 Å². The molecule has 0 bridgehead atoms. The molecule has 0 aliphatic rings. The number of halogens is 1. The summed E-state index contributed by atoms with van der Waals surface area (Å²) in [4.78, 5) is 0. The Balaban J connectivity index is 2.20. The van der Waals surface area contributed by atoms with Crippen molar-refractivity contribution in [2.24, 2.45) is 0 Å². The number of H-pyrrole nitrogens is 1. The molecule has 1 heterocycles. The molecule has 0 amide bonds. The number of benzene rings is 1. The van der Waals surface area contributed by atoms with E-state index in [-0.39, 0.29) is 6.10 Å². The number of hydrogen-bond acceptors (Lipinski definition) is 4. The highest BCUT2D eigenvalue weighted by molar-refractivity contribution is 9.10. The van der Waals surface area contributed by atoms with E-state index in [1.165, 1.54) is 0 Å². The van der Waals surface area contributed by atoms with Crippen LogP contribution < -0.4 is 10.2 Å². The molecule has 0 unspecified atom stereocenters. The van der Waals surface area contributed by atoms with Gasteiger partial charge in [0.1, 0.15) is 11.6 Å². The summed E-state index contributed by atoms with van der Waals surface area (Å²) in [5.74, 6) is 1.65. The summed E-state index contributed by atoms with van der Waals surface area (Å²) < 4.78 is 9.11. The van der Waals surface area contributed by atoms with Crippen molar-refractivity contribution in [3.63, 3.8) is 0 Å². The molecule has 0 atom stereocenters. The van der Waals surface area contributed by atoms with E-state index in [0.717, 1.165) is 21.6 Å². The molecular weight excluding hydrogens is 340 g/mol. The molecular formula is C13H17BrN4OS. The second kappa shape index (κ2) is 6.41. The van der Waals surface area contributed by atoms with E-state index in [2.05, 4.69) is 31.6 Å². The summed E-state index contributed by atoms with van der Waals surface area (Å²) in [5, 5.41) is 6.80. The van der Waals surface area contributed by atoms with Gasteiger partial charge in [-0.2, -0.15) is 5.10 Å². The lowest BCUT2D eigenvalue weighted by molar-refractivity contribution is 0.240. The van der Waals surface area contributed by atoms with Crippen LogP contribution in [0.4, 0.5) is 0 Å². The van der Waals surface area contributed by atoms with Gasteiger partial charge in [0, 0.05) is 10.0 Å². The molecule has 2 aromatic rings. The number of nitrogens with one attached hydrogen (secondary N) is 2. The Morgan fingerprint density at radius 3 is 2.85 bits per heavy atom. The van der Waals surface area contributed by atoms with E-state index in [9.17, 15) is 0 Å². The fourth-order valence-electron chi connectivity index (χ4n) is 1.78. The molecule has 2 rings (SSSR count). The molecule has 0 aliphatic heterocycles. The predicted molar refractivity (Wildman–Crippen MR) is 85.1 cm³/mol. The fourth-order valence-corrected chi connectivity index (χ4v) is 2.43. The average Bonchev–Trinajstić information content (AvgIpc) is 2.69. The van der Waals surface area contributed by atoms with Crippen molar-refractivity contribution in [1.82, 2.24) is 14.9 Å². The molecule has 0 saturated carbocycles. The number of hydrogen-bond donors (Lipinski definition) is 2. The molecule has 108 valence electrons. The van der Waals surface area contributed by atoms with Gasteiger partial charge >= 0.3 is 0 Å². The van der Waals surface area contributed by atoms with Gasteiger partial charge in [-0.3, -0.25) is 5.10 Å². The van der Waals surface area contributed by atoms with Crippen molar-refractivity contribution in [3.8, 4) is 5.75 Å². The normalized spacial score (nSPS) is 10.8. The van der Waals surface area contributed by atoms with Gasteiger partial charge < -0.3 is 10.2 Å². The van der Waals surface area contributed by atoms with Crippen LogP contribution in [0.3, 0.4) is 0 Å². The summed E-state index contributed by atoms with van der Waals surface area (Å²) >= 11 is 8.64. The zero-order chi connectivity index (χ0) is 14.7. The number of aromatic amines is 1. The number of ether oxygens (including phenoxy) is 1. The highest BCUT2D eigenvalue weighted by Crippen LogP contribution is 2.24. The smallest absolute Gasteiger partial charge is 0.214 e.